The zero-order valence-corrected chi connectivity index (χ0v) is 11.8. The maximum Gasteiger partial charge on any atom is 0.0457 e. The van der Waals surface area contributed by atoms with Gasteiger partial charge in [0.15, 0.2) is 0 Å². The smallest absolute Gasteiger partial charge is 0.0457 e. The van der Waals surface area contributed by atoms with Crippen LogP contribution in [0.25, 0.3) is 0 Å². The minimum absolute atomic E-state index is 0.187. The van der Waals surface area contributed by atoms with Crippen LogP contribution >= 0.6 is 0 Å². The lowest BCUT2D eigenvalue weighted by Crippen LogP contribution is -2.47. The fourth-order valence-electron chi connectivity index (χ4n) is 2.24. The van der Waals surface area contributed by atoms with Gasteiger partial charge in [-0.25, -0.2) is 0 Å². The first-order chi connectivity index (χ1) is 7.90. The van der Waals surface area contributed by atoms with E-state index in [9.17, 15) is 0 Å². The van der Waals surface area contributed by atoms with E-state index in [1.165, 1.54) is 11.3 Å². The van der Waals surface area contributed by atoms with Crippen LogP contribution in [0.4, 0.5) is 5.69 Å². The Morgan fingerprint density at radius 2 is 1.71 bits per heavy atom. The summed E-state index contributed by atoms with van der Waals surface area (Å²) in [4.78, 5) is 2.29. The maximum absolute atomic E-state index is 5.91. The molecular formula is C15H26N2. The molecule has 17 heavy (non-hydrogen) atoms. The Morgan fingerprint density at radius 3 is 2.06 bits per heavy atom. The number of hydrogen-bond donors (Lipinski definition) is 1. The molecule has 0 aliphatic heterocycles. The number of nitrogens with two attached hydrogens (primary N) is 1. The highest BCUT2D eigenvalue weighted by Crippen LogP contribution is 2.27. The van der Waals surface area contributed by atoms with Crippen molar-refractivity contribution in [3.63, 3.8) is 0 Å². The third-order valence-corrected chi connectivity index (χ3v) is 3.44. The Hall–Kier alpha value is -1.02. The van der Waals surface area contributed by atoms with E-state index in [-0.39, 0.29) is 5.41 Å². The standard InChI is InChI=1S/C15H26N2/c1-6-12-7-9-13(10-8-12)17(5)14(11-16)15(2,3)4/h7-10,14H,6,11,16H2,1-5H3. The molecule has 0 saturated heterocycles. The summed E-state index contributed by atoms with van der Waals surface area (Å²) in [6.07, 6.45) is 1.09. The summed E-state index contributed by atoms with van der Waals surface area (Å²) in [5.41, 5.74) is 8.72. The predicted molar refractivity (Wildman–Crippen MR) is 76.5 cm³/mol. The van der Waals surface area contributed by atoms with Gasteiger partial charge in [0.2, 0.25) is 0 Å². The second-order valence-electron chi connectivity index (χ2n) is 5.75. The Kier molecular flexibility index (Phi) is 4.58. The minimum atomic E-state index is 0.187. The van der Waals surface area contributed by atoms with Crippen LogP contribution < -0.4 is 10.6 Å². The highest BCUT2D eigenvalue weighted by molar-refractivity contribution is 5.48. The second kappa shape index (κ2) is 5.54. The van der Waals surface area contributed by atoms with Crippen molar-refractivity contribution in [2.75, 3.05) is 18.5 Å². The molecule has 0 aromatic heterocycles. The molecule has 1 unspecified atom stereocenters. The molecule has 0 amide bonds. The molecule has 1 atom stereocenters. The molecule has 1 aromatic rings. The topological polar surface area (TPSA) is 29.3 Å². The Bertz CT molecular complexity index is 335. The van der Waals surface area contributed by atoms with Crippen molar-refractivity contribution in [2.24, 2.45) is 11.1 Å². The summed E-state index contributed by atoms with van der Waals surface area (Å²) in [6.45, 7) is 9.57. The molecule has 96 valence electrons. The lowest BCUT2D eigenvalue weighted by atomic mass is 9.85. The van der Waals surface area contributed by atoms with Crippen molar-refractivity contribution in [1.82, 2.24) is 0 Å². The van der Waals surface area contributed by atoms with E-state index in [4.69, 9.17) is 5.73 Å². The van der Waals surface area contributed by atoms with Crippen molar-refractivity contribution in [2.45, 2.75) is 40.2 Å². The van der Waals surface area contributed by atoms with Gasteiger partial charge < -0.3 is 10.6 Å². The predicted octanol–water partition coefficient (Wildman–Crippen LogP) is 3.06. The van der Waals surface area contributed by atoms with Crippen molar-refractivity contribution in [3.05, 3.63) is 29.8 Å². The van der Waals surface area contributed by atoms with Crippen LogP contribution in [0.3, 0.4) is 0 Å². The number of nitrogens with zero attached hydrogens (tertiary/aromatic N) is 1. The number of rotatable bonds is 4. The van der Waals surface area contributed by atoms with E-state index >= 15 is 0 Å². The highest BCUT2D eigenvalue weighted by atomic mass is 15.2. The van der Waals surface area contributed by atoms with Crippen LogP contribution in [-0.4, -0.2) is 19.6 Å². The lowest BCUT2D eigenvalue weighted by Gasteiger charge is -2.38. The first-order valence-corrected chi connectivity index (χ1v) is 6.42. The van der Waals surface area contributed by atoms with Crippen LogP contribution in [-0.2, 0) is 6.42 Å². The molecule has 0 spiro atoms. The first-order valence-electron chi connectivity index (χ1n) is 6.42. The Morgan fingerprint density at radius 1 is 1.18 bits per heavy atom. The summed E-state index contributed by atoms with van der Waals surface area (Å²) in [7, 11) is 2.13. The molecule has 0 saturated carbocycles. The van der Waals surface area contributed by atoms with E-state index in [1.54, 1.807) is 0 Å². The third-order valence-electron chi connectivity index (χ3n) is 3.44. The number of aryl methyl sites for hydroxylation is 1. The van der Waals surface area contributed by atoms with Gasteiger partial charge in [0.05, 0.1) is 0 Å². The lowest BCUT2D eigenvalue weighted by molar-refractivity contribution is 0.316. The fourth-order valence-corrected chi connectivity index (χ4v) is 2.24. The molecule has 0 radical (unpaired) electrons. The zero-order valence-electron chi connectivity index (χ0n) is 11.8. The Labute approximate surface area is 106 Å². The van der Waals surface area contributed by atoms with Gasteiger partial charge in [0.1, 0.15) is 0 Å². The van der Waals surface area contributed by atoms with Gasteiger partial charge in [0.25, 0.3) is 0 Å². The van der Waals surface area contributed by atoms with Crippen LogP contribution in [0.1, 0.15) is 33.3 Å². The van der Waals surface area contributed by atoms with Gasteiger partial charge >= 0.3 is 0 Å². The molecule has 1 aromatic carbocycles. The van der Waals surface area contributed by atoms with E-state index in [0.717, 1.165) is 6.42 Å². The third kappa shape index (κ3) is 3.47. The van der Waals surface area contributed by atoms with Crippen molar-refractivity contribution in [1.29, 1.82) is 0 Å². The van der Waals surface area contributed by atoms with E-state index in [2.05, 4.69) is 63.9 Å². The number of hydrogen-bond acceptors (Lipinski definition) is 2. The van der Waals surface area contributed by atoms with Gasteiger partial charge in [0, 0.05) is 25.3 Å². The monoisotopic (exact) mass is 234 g/mol. The van der Waals surface area contributed by atoms with Crippen LogP contribution in [0, 0.1) is 5.41 Å². The van der Waals surface area contributed by atoms with Crippen LogP contribution in [0.2, 0.25) is 0 Å². The van der Waals surface area contributed by atoms with Gasteiger partial charge in [-0.1, -0.05) is 39.8 Å². The summed E-state index contributed by atoms with van der Waals surface area (Å²) < 4.78 is 0. The first kappa shape index (κ1) is 14.0. The summed E-state index contributed by atoms with van der Waals surface area (Å²) >= 11 is 0. The average Bonchev–Trinajstić information content (AvgIpc) is 2.28. The highest BCUT2D eigenvalue weighted by Gasteiger charge is 2.27. The normalized spacial score (nSPS) is 13.5. The molecule has 0 aliphatic carbocycles. The molecule has 0 heterocycles. The SMILES string of the molecule is CCc1ccc(N(C)C(CN)C(C)(C)C)cc1. The summed E-state index contributed by atoms with van der Waals surface area (Å²) in [5.74, 6) is 0. The molecule has 0 bridgehead atoms. The second-order valence-corrected chi connectivity index (χ2v) is 5.75. The fraction of sp³-hybridized carbons (Fsp3) is 0.600. The van der Waals surface area contributed by atoms with Crippen molar-refractivity contribution < 1.29 is 0 Å². The quantitative estimate of drug-likeness (QED) is 0.867. The van der Waals surface area contributed by atoms with Crippen LogP contribution in [0.15, 0.2) is 24.3 Å². The van der Waals surface area contributed by atoms with E-state index in [0.29, 0.717) is 12.6 Å². The molecule has 2 heteroatoms. The van der Waals surface area contributed by atoms with Crippen LogP contribution in [0.5, 0.6) is 0 Å². The largest absolute Gasteiger partial charge is 0.370 e. The maximum atomic E-state index is 5.91. The van der Waals surface area contributed by atoms with Crippen molar-refractivity contribution >= 4 is 5.69 Å². The van der Waals surface area contributed by atoms with Crippen molar-refractivity contribution in [3.8, 4) is 0 Å². The molecular weight excluding hydrogens is 208 g/mol. The summed E-state index contributed by atoms with van der Waals surface area (Å²) in [5, 5.41) is 0. The zero-order chi connectivity index (χ0) is 13.1. The van der Waals surface area contributed by atoms with Gasteiger partial charge in [-0.2, -0.15) is 0 Å². The van der Waals surface area contributed by atoms with E-state index < -0.39 is 0 Å². The number of benzene rings is 1. The average molecular weight is 234 g/mol. The summed E-state index contributed by atoms with van der Waals surface area (Å²) in [6, 6.07) is 9.12. The Balaban J connectivity index is 2.90. The molecule has 2 N–H and O–H groups in total. The molecule has 0 fully saturated rings. The number of likely N-dealkylation sites (N-methyl/N-ethyl adjacent to an activating group) is 1. The number of anilines is 1. The van der Waals surface area contributed by atoms with Gasteiger partial charge in [-0.3, -0.25) is 0 Å². The minimum Gasteiger partial charge on any atom is -0.370 e. The van der Waals surface area contributed by atoms with E-state index in [1.807, 2.05) is 0 Å². The molecule has 0 aliphatic rings. The molecule has 2 nitrogen and oxygen atoms in total. The molecule has 1 rings (SSSR count). The van der Waals surface area contributed by atoms with Gasteiger partial charge in [-0.05, 0) is 29.5 Å². The van der Waals surface area contributed by atoms with Gasteiger partial charge in [-0.15, -0.1) is 0 Å².